The SMILES string of the molecule is O=C(O)c1ccc(-c2csc(NC(=O)[C@@H]3CCCN3)n2)o1. The molecule has 1 saturated heterocycles. The third kappa shape index (κ3) is 2.96. The van der Waals surface area contributed by atoms with Crippen molar-refractivity contribution < 1.29 is 19.1 Å². The largest absolute Gasteiger partial charge is 0.475 e. The van der Waals surface area contributed by atoms with Gasteiger partial charge in [0.05, 0.1) is 6.04 Å². The molecule has 0 saturated carbocycles. The van der Waals surface area contributed by atoms with Gasteiger partial charge in [-0.1, -0.05) is 0 Å². The summed E-state index contributed by atoms with van der Waals surface area (Å²) in [7, 11) is 0. The molecule has 3 N–H and O–H groups in total. The van der Waals surface area contributed by atoms with Crippen LogP contribution in [0.4, 0.5) is 5.13 Å². The minimum absolute atomic E-state index is 0.0981. The van der Waals surface area contributed by atoms with Gasteiger partial charge < -0.3 is 20.2 Å². The van der Waals surface area contributed by atoms with E-state index in [9.17, 15) is 9.59 Å². The summed E-state index contributed by atoms with van der Waals surface area (Å²) in [6.45, 7) is 0.853. The molecule has 8 heteroatoms. The van der Waals surface area contributed by atoms with E-state index >= 15 is 0 Å². The van der Waals surface area contributed by atoms with Gasteiger partial charge in [0.2, 0.25) is 11.7 Å². The average Bonchev–Trinajstić information content (AvgIpc) is 3.20. The van der Waals surface area contributed by atoms with Crippen molar-refractivity contribution in [1.82, 2.24) is 10.3 Å². The Morgan fingerprint density at radius 3 is 3.00 bits per heavy atom. The highest BCUT2D eigenvalue weighted by Crippen LogP contribution is 2.26. The summed E-state index contributed by atoms with van der Waals surface area (Å²) in [6, 6.07) is 2.75. The molecule has 0 aliphatic carbocycles. The molecule has 2 aromatic rings. The third-order valence-corrected chi connectivity index (χ3v) is 3.94. The van der Waals surface area contributed by atoms with Crippen LogP contribution in [0.2, 0.25) is 0 Å². The fraction of sp³-hybridized carbons (Fsp3) is 0.308. The summed E-state index contributed by atoms with van der Waals surface area (Å²) in [5.41, 5.74) is 0.502. The molecule has 1 aliphatic rings. The number of carboxylic acid groups (broad SMARTS) is 1. The molecule has 1 fully saturated rings. The Bertz CT molecular complexity index is 673. The fourth-order valence-electron chi connectivity index (χ4n) is 2.14. The molecule has 110 valence electrons. The Balaban J connectivity index is 1.70. The number of aromatic nitrogens is 1. The number of hydrogen-bond acceptors (Lipinski definition) is 6. The second-order valence-electron chi connectivity index (χ2n) is 4.65. The monoisotopic (exact) mass is 307 g/mol. The third-order valence-electron chi connectivity index (χ3n) is 3.18. The molecule has 1 amide bonds. The van der Waals surface area contributed by atoms with Crippen molar-refractivity contribution in [3.8, 4) is 11.5 Å². The van der Waals surface area contributed by atoms with E-state index in [1.165, 1.54) is 17.4 Å². The van der Waals surface area contributed by atoms with Gasteiger partial charge in [0.1, 0.15) is 5.69 Å². The highest BCUT2D eigenvalue weighted by molar-refractivity contribution is 7.14. The van der Waals surface area contributed by atoms with Crippen LogP contribution in [0, 0.1) is 0 Å². The van der Waals surface area contributed by atoms with Gasteiger partial charge in [-0.25, -0.2) is 9.78 Å². The number of nitrogens with one attached hydrogen (secondary N) is 2. The van der Waals surface area contributed by atoms with E-state index in [1.807, 2.05) is 0 Å². The standard InChI is InChI=1S/C13H13N3O4S/c17-11(7-2-1-5-14-7)16-13-15-8(6-21-13)9-3-4-10(20-9)12(18)19/h3-4,6-7,14H,1-2,5H2,(H,18,19)(H,15,16,17)/t7-/m0/s1. The van der Waals surface area contributed by atoms with Crippen molar-refractivity contribution in [1.29, 1.82) is 0 Å². The van der Waals surface area contributed by atoms with Gasteiger partial charge in [0.15, 0.2) is 10.9 Å². The van der Waals surface area contributed by atoms with Crippen molar-refractivity contribution in [2.45, 2.75) is 18.9 Å². The van der Waals surface area contributed by atoms with Crippen molar-refractivity contribution in [2.24, 2.45) is 0 Å². The zero-order valence-electron chi connectivity index (χ0n) is 11.0. The Labute approximate surface area is 124 Å². The molecule has 1 aliphatic heterocycles. The van der Waals surface area contributed by atoms with Gasteiger partial charge in [-0.2, -0.15) is 0 Å². The highest BCUT2D eigenvalue weighted by atomic mass is 32.1. The number of hydrogen-bond donors (Lipinski definition) is 3. The molecule has 0 aromatic carbocycles. The number of rotatable bonds is 4. The van der Waals surface area contributed by atoms with Gasteiger partial charge in [0.25, 0.3) is 0 Å². The summed E-state index contributed by atoms with van der Waals surface area (Å²) in [5.74, 6) is -1.00. The van der Waals surface area contributed by atoms with Crippen LogP contribution < -0.4 is 10.6 Å². The number of aromatic carboxylic acids is 1. The van der Waals surface area contributed by atoms with Gasteiger partial charge in [-0.05, 0) is 31.5 Å². The van der Waals surface area contributed by atoms with Crippen LogP contribution in [0.1, 0.15) is 23.4 Å². The zero-order valence-corrected chi connectivity index (χ0v) is 11.8. The van der Waals surface area contributed by atoms with Crippen LogP contribution in [-0.2, 0) is 4.79 Å². The zero-order chi connectivity index (χ0) is 14.8. The summed E-state index contributed by atoms with van der Waals surface area (Å²) in [6.07, 6.45) is 1.82. The minimum atomic E-state index is -1.13. The minimum Gasteiger partial charge on any atom is -0.475 e. The number of amides is 1. The lowest BCUT2D eigenvalue weighted by Gasteiger charge is -2.08. The Morgan fingerprint density at radius 1 is 1.48 bits per heavy atom. The maximum absolute atomic E-state index is 11.9. The number of furan rings is 1. The number of nitrogens with zero attached hydrogens (tertiary/aromatic N) is 1. The quantitative estimate of drug-likeness (QED) is 0.795. The molecule has 0 spiro atoms. The summed E-state index contributed by atoms with van der Waals surface area (Å²) in [4.78, 5) is 27.0. The van der Waals surface area contributed by atoms with Crippen LogP contribution in [0.3, 0.4) is 0 Å². The molecule has 3 heterocycles. The molecule has 0 radical (unpaired) electrons. The first kappa shape index (κ1) is 13.8. The van der Waals surface area contributed by atoms with Crippen LogP contribution in [-0.4, -0.2) is 34.6 Å². The number of carbonyl (C=O) groups is 2. The van der Waals surface area contributed by atoms with Crippen LogP contribution >= 0.6 is 11.3 Å². The lowest BCUT2D eigenvalue weighted by molar-refractivity contribution is -0.117. The number of thiazole rings is 1. The van der Waals surface area contributed by atoms with E-state index in [4.69, 9.17) is 9.52 Å². The second-order valence-corrected chi connectivity index (χ2v) is 5.50. The lowest BCUT2D eigenvalue weighted by Crippen LogP contribution is -2.35. The number of carbonyl (C=O) groups excluding carboxylic acids is 1. The van der Waals surface area contributed by atoms with Crippen molar-refractivity contribution in [3.63, 3.8) is 0 Å². The molecule has 0 bridgehead atoms. The van der Waals surface area contributed by atoms with Crippen LogP contribution in [0.5, 0.6) is 0 Å². The van der Waals surface area contributed by atoms with E-state index < -0.39 is 5.97 Å². The Hall–Kier alpha value is -2.19. The molecule has 2 aromatic heterocycles. The predicted molar refractivity (Wildman–Crippen MR) is 76.4 cm³/mol. The maximum atomic E-state index is 11.9. The molecular weight excluding hydrogens is 294 g/mol. The van der Waals surface area contributed by atoms with Crippen molar-refractivity contribution >= 4 is 28.3 Å². The van der Waals surface area contributed by atoms with Gasteiger partial charge in [-0.15, -0.1) is 11.3 Å². The molecule has 1 atom stereocenters. The molecule has 0 unspecified atom stereocenters. The van der Waals surface area contributed by atoms with Gasteiger partial charge >= 0.3 is 5.97 Å². The smallest absolute Gasteiger partial charge is 0.371 e. The molecule has 3 rings (SSSR count). The Kier molecular flexibility index (Phi) is 3.72. The topological polar surface area (TPSA) is 104 Å². The van der Waals surface area contributed by atoms with Crippen molar-refractivity contribution in [3.05, 3.63) is 23.3 Å². The first-order valence-corrected chi connectivity index (χ1v) is 7.35. The summed E-state index contributed by atoms with van der Waals surface area (Å²) >= 11 is 1.27. The molecule has 21 heavy (non-hydrogen) atoms. The predicted octanol–water partition coefficient (Wildman–Crippen LogP) is 1.79. The molecule has 7 nitrogen and oxygen atoms in total. The van der Waals surface area contributed by atoms with E-state index in [0.29, 0.717) is 16.6 Å². The van der Waals surface area contributed by atoms with Crippen LogP contribution in [0.15, 0.2) is 21.9 Å². The second kappa shape index (κ2) is 5.66. The average molecular weight is 307 g/mol. The number of anilines is 1. The van der Waals surface area contributed by atoms with E-state index in [-0.39, 0.29) is 17.7 Å². The van der Waals surface area contributed by atoms with E-state index in [0.717, 1.165) is 19.4 Å². The Morgan fingerprint density at radius 2 is 2.33 bits per heavy atom. The first-order chi connectivity index (χ1) is 10.1. The fourth-order valence-corrected chi connectivity index (χ4v) is 2.84. The summed E-state index contributed by atoms with van der Waals surface area (Å²) in [5, 5.41) is 16.9. The van der Waals surface area contributed by atoms with Gasteiger partial charge in [-0.3, -0.25) is 4.79 Å². The van der Waals surface area contributed by atoms with Gasteiger partial charge in [0, 0.05) is 5.38 Å². The first-order valence-electron chi connectivity index (χ1n) is 6.47. The highest BCUT2D eigenvalue weighted by Gasteiger charge is 2.23. The van der Waals surface area contributed by atoms with Crippen molar-refractivity contribution in [2.75, 3.05) is 11.9 Å². The summed E-state index contributed by atoms with van der Waals surface area (Å²) < 4.78 is 5.17. The number of carboxylic acids is 1. The normalized spacial score (nSPS) is 17.8. The van der Waals surface area contributed by atoms with E-state index in [1.54, 1.807) is 11.4 Å². The lowest BCUT2D eigenvalue weighted by atomic mass is 10.2. The van der Waals surface area contributed by atoms with Crippen LogP contribution in [0.25, 0.3) is 11.5 Å². The van der Waals surface area contributed by atoms with E-state index in [2.05, 4.69) is 15.6 Å². The molecular formula is C13H13N3O4S. The maximum Gasteiger partial charge on any atom is 0.371 e.